The van der Waals surface area contributed by atoms with Crippen molar-refractivity contribution in [1.29, 1.82) is 0 Å². The van der Waals surface area contributed by atoms with Crippen LogP contribution in [0.3, 0.4) is 0 Å². The van der Waals surface area contributed by atoms with E-state index in [4.69, 9.17) is 0 Å². The number of nitrogens with zero attached hydrogens (tertiary/aromatic N) is 1. The maximum Gasteiger partial charge on any atom is 0.243 e. The zero-order chi connectivity index (χ0) is 15.5. The van der Waals surface area contributed by atoms with Crippen molar-refractivity contribution in [3.63, 3.8) is 0 Å². The van der Waals surface area contributed by atoms with Crippen LogP contribution in [0.4, 0.5) is 10.1 Å². The summed E-state index contributed by atoms with van der Waals surface area (Å²) in [5.41, 5.74) is 1.83. The quantitative estimate of drug-likeness (QED) is 0.922. The minimum absolute atomic E-state index is 0.115. The van der Waals surface area contributed by atoms with Crippen LogP contribution in [0.5, 0.6) is 0 Å². The molecule has 0 saturated carbocycles. The standard InChI is InChI=1S/C15H17FN2O2S/c1-18(2)13-9-7-12(8-10-13)11-17-21(19,20)15-6-4-3-5-14(15)16/h3-10,17H,11H2,1-2H3. The Kier molecular flexibility index (Phi) is 4.59. The molecule has 0 aliphatic carbocycles. The highest BCUT2D eigenvalue weighted by molar-refractivity contribution is 7.89. The molecule has 4 nitrogen and oxygen atoms in total. The molecule has 0 atom stereocenters. The monoisotopic (exact) mass is 308 g/mol. The fourth-order valence-electron chi connectivity index (χ4n) is 1.83. The van der Waals surface area contributed by atoms with Crippen molar-refractivity contribution in [2.45, 2.75) is 11.4 Å². The van der Waals surface area contributed by atoms with Crippen LogP contribution in [-0.2, 0) is 16.6 Å². The predicted octanol–water partition coefficient (Wildman–Crippen LogP) is 2.37. The van der Waals surface area contributed by atoms with E-state index in [-0.39, 0.29) is 11.4 Å². The number of halogens is 1. The third-order valence-corrected chi connectivity index (χ3v) is 4.48. The molecule has 2 aromatic rings. The van der Waals surface area contributed by atoms with E-state index in [2.05, 4.69) is 4.72 Å². The van der Waals surface area contributed by atoms with E-state index in [0.717, 1.165) is 17.3 Å². The lowest BCUT2D eigenvalue weighted by Crippen LogP contribution is -2.24. The molecule has 2 rings (SSSR count). The molecule has 0 aliphatic rings. The summed E-state index contributed by atoms with van der Waals surface area (Å²) in [6, 6.07) is 12.8. The smallest absolute Gasteiger partial charge is 0.243 e. The molecule has 0 aromatic heterocycles. The summed E-state index contributed by atoms with van der Waals surface area (Å²) in [5, 5.41) is 0. The van der Waals surface area contributed by atoms with Gasteiger partial charge in [-0.3, -0.25) is 0 Å². The third kappa shape index (κ3) is 3.80. The van der Waals surface area contributed by atoms with Crippen LogP contribution in [0.25, 0.3) is 0 Å². The lowest BCUT2D eigenvalue weighted by Gasteiger charge is -2.13. The van der Waals surface area contributed by atoms with Gasteiger partial charge in [0.05, 0.1) is 0 Å². The van der Waals surface area contributed by atoms with Gasteiger partial charge in [-0.05, 0) is 29.8 Å². The minimum Gasteiger partial charge on any atom is -0.378 e. The average Bonchev–Trinajstić information content (AvgIpc) is 2.46. The average molecular weight is 308 g/mol. The number of nitrogens with one attached hydrogen (secondary N) is 1. The van der Waals surface area contributed by atoms with Gasteiger partial charge in [0, 0.05) is 26.3 Å². The lowest BCUT2D eigenvalue weighted by atomic mass is 10.2. The maximum atomic E-state index is 13.5. The largest absolute Gasteiger partial charge is 0.378 e. The van der Waals surface area contributed by atoms with Crippen molar-refractivity contribution in [3.05, 3.63) is 59.9 Å². The number of rotatable bonds is 5. The molecule has 0 spiro atoms. The van der Waals surface area contributed by atoms with Gasteiger partial charge >= 0.3 is 0 Å². The van der Waals surface area contributed by atoms with Gasteiger partial charge in [-0.15, -0.1) is 0 Å². The van der Waals surface area contributed by atoms with Crippen LogP contribution in [0.2, 0.25) is 0 Å². The summed E-state index contributed by atoms with van der Waals surface area (Å²) in [7, 11) is 0.00195. The Morgan fingerprint density at radius 3 is 2.24 bits per heavy atom. The second kappa shape index (κ2) is 6.24. The number of hydrogen-bond acceptors (Lipinski definition) is 3. The molecule has 0 saturated heterocycles. The van der Waals surface area contributed by atoms with E-state index in [1.54, 1.807) is 0 Å². The van der Waals surface area contributed by atoms with Crippen LogP contribution < -0.4 is 9.62 Å². The highest BCUT2D eigenvalue weighted by atomic mass is 32.2. The molecule has 0 heterocycles. The van der Waals surface area contributed by atoms with Gasteiger partial charge in [-0.1, -0.05) is 24.3 Å². The van der Waals surface area contributed by atoms with Gasteiger partial charge in [-0.2, -0.15) is 0 Å². The topological polar surface area (TPSA) is 49.4 Å². The molecule has 0 unspecified atom stereocenters. The first-order valence-corrected chi connectivity index (χ1v) is 7.89. The Labute approximate surface area is 124 Å². The molecular weight excluding hydrogens is 291 g/mol. The van der Waals surface area contributed by atoms with Crippen molar-refractivity contribution in [2.75, 3.05) is 19.0 Å². The number of sulfonamides is 1. The lowest BCUT2D eigenvalue weighted by molar-refractivity contribution is 0.557. The van der Waals surface area contributed by atoms with Gasteiger partial charge in [-0.25, -0.2) is 17.5 Å². The third-order valence-electron chi connectivity index (χ3n) is 3.05. The highest BCUT2D eigenvalue weighted by Crippen LogP contribution is 2.15. The zero-order valence-electron chi connectivity index (χ0n) is 11.9. The summed E-state index contributed by atoms with van der Waals surface area (Å²) in [6.07, 6.45) is 0. The van der Waals surface area contributed by atoms with Crippen molar-refractivity contribution < 1.29 is 12.8 Å². The molecule has 112 valence electrons. The Hall–Kier alpha value is -1.92. The Balaban J connectivity index is 2.10. The molecule has 1 N–H and O–H groups in total. The Morgan fingerprint density at radius 2 is 1.67 bits per heavy atom. The van der Waals surface area contributed by atoms with E-state index < -0.39 is 15.8 Å². The first kappa shape index (κ1) is 15.5. The molecule has 0 aliphatic heterocycles. The van der Waals surface area contributed by atoms with Crippen LogP contribution in [0.1, 0.15) is 5.56 Å². The first-order valence-electron chi connectivity index (χ1n) is 6.40. The molecule has 2 aromatic carbocycles. The van der Waals surface area contributed by atoms with Crippen LogP contribution in [0.15, 0.2) is 53.4 Å². The number of anilines is 1. The van der Waals surface area contributed by atoms with Gasteiger partial charge < -0.3 is 4.90 Å². The number of benzene rings is 2. The molecule has 0 bridgehead atoms. The molecule has 21 heavy (non-hydrogen) atoms. The number of hydrogen-bond donors (Lipinski definition) is 1. The van der Waals surface area contributed by atoms with Crippen molar-refractivity contribution in [2.24, 2.45) is 0 Å². The van der Waals surface area contributed by atoms with Gasteiger partial charge in [0.2, 0.25) is 10.0 Å². The Morgan fingerprint density at radius 1 is 1.05 bits per heavy atom. The van der Waals surface area contributed by atoms with E-state index in [0.29, 0.717) is 0 Å². The van der Waals surface area contributed by atoms with E-state index in [1.807, 2.05) is 43.3 Å². The normalized spacial score (nSPS) is 11.4. The zero-order valence-corrected chi connectivity index (χ0v) is 12.7. The summed E-state index contributed by atoms with van der Waals surface area (Å²) in [6.45, 7) is 0.115. The van der Waals surface area contributed by atoms with Gasteiger partial charge in [0.15, 0.2) is 0 Å². The van der Waals surface area contributed by atoms with Crippen molar-refractivity contribution in [1.82, 2.24) is 4.72 Å². The maximum absolute atomic E-state index is 13.5. The SMILES string of the molecule is CN(C)c1ccc(CNS(=O)(=O)c2ccccc2F)cc1. The molecule has 6 heteroatoms. The van der Waals surface area contributed by atoms with Crippen molar-refractivity contribution in [3.8, 4) is 0 Å². The van der Waals surface area contributed by atoms with Crippen molar-refractivity contribution >= 4 is 15.7 Å². The van der Waals surface area contributed by atoms with Crippen LogP contribution in [-0.4, -0.2) is 22.5 Å². The fraction of sp³-hybridized carbons (Fsp3) is 0.200. The summed E-state index contributed by atoms with van der Waals surface area (Å²) < 4.78 is 40.0. The minimum atomic E-state index is -3.85. The van der Waals surface area contributed by atoms with E-state index in [1.165, 1.54) is 18.2 Å². The van der Waals surface area contributed by atoms with Gasteiger partial charge in [0.25, 0.3) is 0 Å². The summed E-state index contributed by atoms with van der Waals surface area (Å²) >= 11 is 0. The molecule has 0 amide bonds. The molecular formula is C15H17FN2O2S. The predicted molar refractivity (Wildman–Crippen MR) is 81.2 cm³/mol. The molecule has 0 radical (unpaired) electrons. The molecule has 0 fully saturated rings. The second-order valence-corrected chi connectivity index (χ2v) is 6.55. The van der Waals surface area contributed by atoms with Crippen LogP contribution >= 0.6 is 0 Å². The van der Waals surface area contributed by atoms with E-state index in [9.17, 15) is 12.8 Å². The second-order valence-electron chi connectivity index (χ2n) is 4.82. The van der Waals surface area contributed by atoms with Crippen LogP contribution in [0, 0.1) is 5.82 Å². The Bertz CT molecular complexity index is 713. The first-order chi connectivity index (χ1) is 9.90. The summed E-state index contributed by atoms with van der Waals surface area (Å²) in [4.78, 5) is 1.61. The summed E-state index contributed by atoms with van der Waals surface area (Å²) in [5.74, 6) is -0.757. The van der Waals surface area contributed by atoms with E-state index >= 15 is 0 Å². The fourth-order valence-corrected chi connectivity index (χ4v) is 2.93. The highest BCUT2D eigenvalue weighted by Gasteiger charge is 2.17. The van der Waals surface area contributed by atoms with Gasteiger partial charge in [0.1, 0.15) is 10.7 Å².